The number of hydrogen-bond donors (Lipinski definition) is 0. The van der Waals surface area contributed by atoms with Crippen LogP contribution in [0.4, 0.5) is 4.79 Å². The summed E-state index contributed by atoms with van der Waals surface area (Å²) in [5.41, 5.74) is 0.970. The van der Waals surface area contributed by atoms with Crippen molar-refractivity contribution in [3.05, 3.63) is 28.2 Å². The number of methoxy groups -OCH3 is 1. The molecule has 6 heteroatoms. The van der Waals surface area contributed by atoms with Crippen molar-refractivity contribution in [3.63, 3.8) is 0 Å². The molecule has 106 valence electrons. The summed E-state index contributed by atoms with van der Waals surface area (Å²) in [6.07, 6.45) is 0.349. The van der Waals surface area contributed by atoms with E-state index >= 15 is 0 Å². The highest BCUT2D eigenvalue weighted by atomic mass is 79.9. The van der Waals surface area contributed by atoms with Crippen molar-refractivity contribution in [2.75, 3.05) is 27.2 Å². The van der Waals surface area contributed by atoms with Gasteiger partial charge in [0.25, 0.3) is 0 Å². The highest BCUT2D eigenvalue weighted by molar-refractivity contribution is 9.10. The van der Waals surface area contributed by atoms with Crippen LogP contribution >= 0.6 is 15.9 Å². The summed E-state index contributed by atoms with van der Waals surface area (Å²) in [6.45, 7) is 1.04. The second kappa shape index (κ2) is 6.14. The molecule has 1 fully saturated rings. The molecule has 0 saturated carbocycles. The molecule has 0 aromatic heterocycles. The number of ether oxygens (including phenoxy) is 1. The second-order valence-corrected chi connectivity index (χ2v) is 5.57. The van der Waals surface area contributed by atoms with E-state index in [4.69, 9.17) is 10.00 Å². The number of hydrogen-bond acceptors (Lipinski definition) is 3. The fourth-order valence-corrected chi connectivity index (χ4v) is 2.79. The summed E-state index contributed by atoms with van der Waals surface area (Å²) in [5.74, 6) is 0.764. The van der Waals surface area contributed by atoms with Gasteiger partial charge < -0.3 is 14.5 Å². The Kier molecular flexibility index (Phi) is 4.50. The van der Waals surface area contributed by atoms with Gasteiger partial charge in [0.1, 0.15) is 5.75 Å². The molecule has 1 aliphatic rings. The van der Waals surface area contributed by atoms with Gasteiger partial charge in [0.2, 0.25) is 0 Å². The van der Waals surface area contributed by atoms with E-state index in [2.05, 4.69) is 22.0 Å². The van der Waals surface area contributed by atoms with Gasteiger partial charge in [-0.05, 0) is 18.2 Å². The minimum atomic E-state index is -0.0614. The first kappa shape index (κ1) is 14.7. The van der Waals surface area contributed by atoms with Gasteiger partial charge >= 0.3 is 6.03 Å². The van der Waals surface area contributed by atoms with Gasteiger partial charge in [-0.3, -0.25) is 0 Å². The average Bonchev–Trinajstić information content (AvgIpc) is 2.73. The molecule has 1 aliphatic heterocycles. The number of urea groups is 1. The van der Waals surface area contributed by atoms with Crippen molar-refractivity contribution in [2.24, 2.45) is 0 Å². The maximum atomic E-state index is 12.2. The van der Waals surface area contributed by atoms with Crippen LogP contribution in [0.3, 0.4) is 0 Å². The predicted octanol–water partition coefficient (Wildman–Crippen LogP) is 2.78. The minimum Gasteiger partial charge on any atom is -0.496 e. The largest absolute Gasteiger partial charge is 0.496 e. The number of benzene rings is 1. The molecule has 2 amide bonds. The van der Waals surface area contributed by atoms with E-state index in [0.29, 0.717) is 19.5 Å². The van der Waals surface area contributed by atoms with E-state index < -0.39 is 0 Å². The first-order valence-electron chi connectivity index (χ1n) is 6.30. The Bertz CT molecular complexity index is 556. The Balaban J connectivity index is 2.27. The average molecular weight is 338 g/mol. The van der Waals surface area contributed by atoms with Crippen molar-refractivity contribution in [1.29, 1.82) is 5.26 Å². The van der Waals surface area contributed by atoms with Crippen LogP contribution < -0.4 is 4.74 Å². The zero-order valence-corrected chi connectivity index (χ0v) is 13.1. The van der Waals surface area contributed by atoms with Crippen molar-refractivity contribution < 1.29 is 9.53 Å². The zero-order chi connectivity index (χ0) is 14.7. The monoisotopic (exact) mass is 337 g/mol. The van der Waals surface area contributed by atoms with Crippen molar-refractivity contribution >= 4 is 22.0 Å². The number of rotatable bonds is 4. The number of amides is 2. The van der Waals surface area contributed by atoms with E-state index in [1.165, 1.54) is 0 Å². The third-order valence-electron chi connectivity index (χ3n) is 3.48. The van der Waals surface area contributed by atoms with Crippen LogP contribution in [0.15, 0.2) is 22.7 Å². The molecule has 1 atom stereocenters. The molecule has 0 aliphatic carbocycles. The molecule has 0 bridgehead atoms. The summed E-state index contributed by atoms with van der Waals surface area (Å²) < 4.78 is 6.33. The number of halogens is 1. The summed E-state index contributed by atoms with van der Waals surface area (Å²) >= 11 is 3.45. The normalized spacial score (nSPS) is 18.3. The van der Waals surface area contributed by atoms with Gasteiger partial charge in [0, 0.05) is 30.2 Å². The van der Waals surface area contributed by atoms with Gasteiger partial charge in [0.05, 0.1) is 25.6 Å². The van der Waals surface area contributed by atoms with Crippen LogP contribution in [0.2, 0.25) is 0 Å². The Hall–Kier alpha value is -1.74. The van der Waals surface area contributed by atoms with Crippen LogP contribution in [0, 0.1) is 11.3 Å². The quantitative estimate of drug-likeness (QED) is 0.848. The molecular formula is C14H16BrN3O2. The number of likely N-dealkylation sites (N-methyl/N-ethyl adjacent to an activating group) is 1. The maximum Gasteiger partial charge on any atom is 0.320 e. The predicted molar refractivity (Wildman–Crippen MR) is 78.4 cm³/mol. The smallest absolute Gasteiger partial charge is 0.320 e. The van der Waals surface area contributed by atoms with Crippen molar-refractivity contribution in [2.45, 2.75) is 12.5 Å². The molecule has 0 radical (unpaired) electrons. The molecule has 2 rings (SSSR count). The number of carbonyl (C=O) groups is 1. The van der Waals surface area contributed by atoms with Crippen LogP contribution in [0.5, 0.6) is 5.75 Å². The molecule has 5 nitrogen and oxygen atoms in total. The lowest BCUT2D eigenvalue weighted by Crippen LogP contribution is -2.30. The van der Waals surface area contributed by atoms with E-state index in [9.17, 15) is 4.79 Å². The van der Waals surface area contributed by atoms with Crippen molar-refractivity contribution in [1.82, 2.24) is 9.80 Å². The lowest BCUT2D eigenvalue weighted by Gasteiger charge is -2.20. The fourth-order valence-electron chi connectivity index (χ4n) is 2.41. The molecule has 1 aromatic carbocycles. The highest BCUT2D eigenvalue weighted by Gasteiger charge is 2.36. The Morgan fingerprint density at radius 1 is 1.55 bits per heavy atom. The fraction of sp³-hybridized carbons (Fsp3) is 0.429. The summed E-state index contributed by atoms with van der Waals surface area (Å²) in [5, 5.41) is 8.65. The zero-order valence-electron chi connectivity index (χ0n) is 11.5. The minimum absolute atomic E-state index is 0.0488. The van der Waals surface area contributed by atoms with E-state index in [0.717, 1.165) is 15.8 Å². The van der Waals surface area contributed by atoms with E-state index in [1.54, 1.807) is 24.0 Å². The number of carbonyl (C=O) groups excluding carboxylic acids is 1. The van der Waals surface area contributed by atoms with Crippen molar-refractivity contribution in [3.8, 4) is 11.8 Å². The SMILES string of the molecule is COc1ccc(Br)cc1C1CN(CCC#N)C(=O)N1C. The van der Waals surface area contributed by atoms with Crippen LogP contribution in [0.25, 0.3) is 0 Å². The van der Waals surface area contributed by atoms with Crippen LogP contribution in [-0.2, 0) is 0 Å². The molecule has 0 spiro atoms. The highest BCUT2D eigenvalue weighted by Crippen LogP contribution is 2.35. The Morgan fingerprint density at radius 3 is 2.95 bits per heavy atom. The molecule has 1 unspecified atom stereocenters. The standard InChI is InChI=1S/C14H16BrN3O2/c1-17-12(9-18(14(17)19)7-3-6-16)11-8-10(15)4-5-13(11)20-2/h4-5,8,12H,3,7,9H2,1-2H3. The lowest BCUT2D eigenvalue weighted by molar-refractivity contribution is 0.196. The third kappa shape index (κ3) is 2.73. The topological polar surface area (TPSA) is 56.6 Å². The molecule has 0 N–H and O–H groups in total. The summed E-state index contributed by atoms with van der Waals surface area (Å²) in [7, 11) is 3.40. The molecule has 20 heavy (non-hydrogen) atoms. The van der Waals surface area contributed by atoms with Crippen LogP contribution in [-0.4, -0.2) is 43.1 Å². The first-order valence-corrected chi connectivity index (χ1v) is 7.10. The van der Waals surface area contributed by atoms with Gasteiger partial charge in [-0.25, -0.2) is 4.79 Å². The van der Waals surface area contributed by atoms with Gasteiger partial charge in [-0.15, -0.1) is 0 Å². The first-order chi connectivity index (χ1) is 9.58. The summed E-state index contributed by atoms with van der Waals surface area (Å²) in [4.78, 5) is 15.6. The van der Waals surface area contributed by atoms with Gasteiger partial charge in [-0.1, -0.05) is 15.9 Å². The Morgan fingerprint density at radius 2 is 2.30 bits per heavy atom. The van der Waals surface area contributed by atoms with Crippen LogP contribution in [0.1, 0.15) is 18.0 Å². The van der Waals surface area contributed by atoms with E-state index in [-0.39, 0.29) is 12.1 Å². The third-order valence-corrected chi connectivity index (χ3v) is 3.97. The lowest BCUT2D eigenvalue weighted by atomic mass is 10.1. The molecule has 1 aromatic rings. The maximum absolute atomic E-state index is 12.2. The summed E-state index contributed by atoms with van der Waals surface area (Å²) in [6, 6.07) is 7.73. The van der Waals surface area contributed by atoms with Gasteiger partial charge in [-0.2, -0.15) is 5.26 Å². The second-order valence-electron chi connectivity index (χ2n) is 4.65. The molecular weight excluding hydrogens is 322 g/mol. The molecule has 1 heterocycles. The number of nitrogens with zero attached hydrogens (tertiary/aromatic N) is 3. The Labute approximate surface area is 126 Å². The molecule has 1 saturated heterocycles. The van der Waals surface area contributed by atoms with Gasteiger partial charge in [0.15, 0.2) is 0 Å². The van der Waals surface area contributed by atoms with E-state index in [1.807, 2.05) is 18.2 Å². The number of nitriles is 1.